The van der Waals surface area contributed by atoms with Gasteiger partial charge in [0, 0.05) is 11.3 Å². The predicted octanol–water partition coefficient (Wildman–Crippen LogP) is 1.07. The number of methoxy groups -OCH3 is 1. The SMILES string of the molecule is COc1ccc(OCCO[N+](=O)[O-])c(C2NC(C(=O)O)CS2)c1. The van der Waals surface area contributed by atoms with E-state index in [4.69, 9.17) is 14.6 Å². The van der Waals surface area contributed by atoms with E-state index in [9.17, 15) is 14.9 Å². The number of carboxylic acids is 1. The minimum atomic E-state index is -0.912. The van der Waals surface area contributed by atoms with Gasteiger partial charge < -0.3 is 19.4 Å². The van der Waals surface area contributed by atoms with E-state index in [1.165, 1.54) is 18.9 Å². The van der Waals surface area contributed by atoms with Crippen molar-refractivity contribution in [1.29, 1.82) is 0 Å². The van der Waals surface area contributed by atoms with Gasteiger partial charge in [-0.05, 0) is 18.2 Å². The molecule has 0 aliphatic carbocycles. The van der Waals surface area contributed by atoms with E-state index in [-0.39, 0.29) is 18.6 Å². The van der Waals surface area contributed by atoms with E-state index >= 15 is 0 Å². The highest BCUT2D eigenvalue weighted by Crippen LogP contribution is 2.39. The van der Waals surface area contributed by atoms with Gasteiger partial charge in [-0.1, -0.05) is 0 Å². The van der Waals surface area contributed by atoms with Gasteiger partial charge in [-0.15, -0.1) is 21.9 Å². The fourth-order valence-electron chi connectivity index (χ4n) is 2.05. The zero-order chi connectivity index (χ0) is 16.8. The fraction of sp³-hybridized carbons (Fsp3) is 0.462. The molecule has 0 amide bonds. The lowest BCUT2D eigenvalue weighted by Gasteiger charge is -2.17. The molecule has 1 aromatic rings. The maximum atomic E-state index is 11.0. The number of nitrogens with one attached hydrogen (secondary N) is 1. The Bertz CT molecular complexity index is 583. The Balaban J connectivity index is 2.09. The normalized spacial score (nSPS) is 20.0. The molecule has 1 heterocycles. The average Bonchev–Trinajstić information content (AvgIpc) is 3.01. The minimum absolute atomic E-state index is 0.0000542. The molecule has 1 aliphatic rings. The summed E-state index contributed by atoms with van der Waals surface area (Å²) >= 11 is 1.44. The highest BCUT2D eigenvalue weighted by atomic mass is 32.2. The van der Waals surface area contributed by atoms with Crippen LogP contribution in [0.3, 0.4) is 0 Å². The van der Waals surface area contributed by atoms with E-state index in [1.54, 1.807) is 18.2 Å². The van der Waals surface area contributed by atoms with Crippen molar-refractivity contribution in [3.05, 3.63) is 33.9 Å². The summed E-state index contributed by atoms with van der Waals surface area (Å²) < 4.78 is 10.7. The summed E-state index contributed by atoms with van der Waals surface area (Å²) in [5.74, 6) is 0.620. The standard InChI is InChI=1S/C13H16N2O7S/c1-20-8-2-3-11(21-4-5-22-15(18)19)9(6-8)12-14-10(7-23-12)13(16)17/h2-3,6,10,12,14H,4-5,7H2,1H3,(H,16,17). The molecule has 1 aromatic carbocycles. The van der Waals surface area contributed by atoms with Gasteiger partial charge in [0.2, 0.25) is 0 Å². The molecule has 0 radical (unpaired) electrons. The number of hydrogen-bond acceptors (Lipinski definition) is 8. The maximum absolute atomic E-state index is 11.0. The van der Waals surface area contributed by atoms with Crippen LogP contribution >= 0.6 is 11.8 Å². The number of nitrogens with zero attached hydrogens (tertiary/aromatic N) is 1. The molecule has 2 atom stereocenters. The third kappa shape index (κ3) is 4.63. The summed E-state index contributed by atoms with van der Waals surface area (Å²) in [6, 6.07) is 4.48. The second-order valence-corrected chi connectivity index (χ2v) is 5.72. The van der Waals surface area contributed by atoms with Crippen molar-refractivity contribution < 1.29 is 29.3 Å². The third-order valence-corrected chi connectivity index (χ3v) is 4.37. The predicted molar refractivity (Wildman–Crippen MR) is 81.2 cm³/mol. The number of benzene rings is 1. The van der Waals surface area contributed by atoms with Crippen molar-refractivity contribution in [2.75, 3.05) is 26.1 Å². The van der Waals surface area contributed by atoms with Gasteiger partial charge in [0.15, 0.2) is 0 Å². The molecular formula is C13H16N2O7S. The van der Waals surface area contributed by atoms with Crippen LogP contribution in [0, 0.1) is 10.1 Å². The molecule has 1 fully saturated rings. The van der Waals surface area contributed by atoms with E-state index < -0.39 is 17.1 Å². The van der Waals surface area contributed by atoms with Gasteiger partial charge in [-0.25, -0.2) is 0 Å². The van der Waals surface area contributed by atoms with Crippen LogP contribution in [-0.4, -0.2) is 48.3 Å². The molecule has 126 valence electrons. The number of rotatable bonds is 8. The second kappa shape index (κ2) is 7.88. The Labute approximate surface area is 136 Å². The Morgan fingerprint density at radius 1 is 1.52 bits per heavy atom. The quantitative estimate of drug-likeness (QED) is 0.405. The molecule has 0 saturated carbocycles. The van der Waals surface area contributed by atoms with E-state index in [0.29, 0.717) is 17.3 Å². The Morgan fingerprint density at radius 3 is 2.91 bits per heavy atom. The summed E-state index contributed by atoms with van der Waals surface area (Å²) in [7, 11) is 1.53. The van der Waals surface area contributed by atoms with Crippen LogP contribution in [0.15, 0.2) is 18.2 Å². The first-order valence-electron chi connectivity index (χ1n) is 6.69. The van der Waals surface area contributed by atoms with E-state index in [2.05, 4.69) is 10.2 Å². The van der Waals surface area contributed by atoms with Gasteiger partial charge in [-0.3, -0.25) is 10.1 Å². The van der Waals surface area contributed by atoms with Crippen molar-refractivity contribution in [2.45, 2.75) is 11.4 Å². The van der Waals surface area contributed by atoms with Crippen LogP contribution in [0.5, 0.6) is 11.5 Å². The van der Waals surface area contributed by atoms with E-state index in [0.717, 1.165) is 5.56 Å². The Kier molecular flexibility index (Phi) is 5.88. The second-order valence-electron chi connectivity index (χ2n) is 4.58. The monoisotopic (exact) mass is 344 g/mol. The molecule has 1 saturated heterocycles. The Hall–Kier alpha value is -2.20. The molecule has 10 heteroatoms. The summed E-state index contributed by atoms with van der Waals surface area (Å²) in [4.78, 5) is 25.4. The van der Waals surface area contributed by atoms with Gasteiger partial charge >= 0.3 is 5.97 Å². The van der Waals surface area contributed by atoms with E-state index in [1.807, 2.05) is 0 Å². The van der Waals surface area contributed by atoms with Crippen LogP contribution in [0.2, 0.25) is 0 Å². The molecule has 0 bridgehead atoms. The van der Waals surface area contributed by atoms with Gasteiger partial charge in [0.05, 0.1) is 12.5 Å². The van der Waals surface area contributed by atoms with Crippen molar-refractivity contribution >= 4 is 17.7 Å². The van der Waals surface area contributed by atoms with Crippen molar-refractivity contribution in [2.24, 2.45) is 0 Å². The van der Waals surface area contributed by atoms with Gasteiger partial charge in [0.1, 0.15) is 30.8 Å². The number of thioether (sulfide) groups is 1. The van der Waals surface area contributed by atoms with Crippen molar-refractivity contribution in [1.82, 2.24) is 5.32 Å². The number of hydrogen-bond donors (Lipinski definition) is 2. The molecular weight excluding hydrogens is 328 g/mol. The first kappa shape index (κ1) is 17.2. The summed E-state index contributed by atoms with van der Waals surface area (Å²) in [6.07, 6.45) is 0. The highest BCUT2D eigenvalue weighted by Gasteiger charge is 2.32. The molecule has 1 aliphatic heterocycles. The fourth-order valence-corrected chi connectivity index (χ4v) is 3.29. The van der Waals surface area contributed by atoms with Crippen LogP contribution < -0.4 is 14.8 Å². The maximum Gasteiger partial charge on any atom is 0.321 e. The first-order valence-corrected chi connectivity index (χ1v) is 7.74. The topological polar surface area (TPSA) is 120 Å². The lowest BCUT2D eigenvalue weighted by atomic mass is 10.1. The molecule has 0 spiro atoms. The number of carboxylic acid groups (broad SMARTS) is 1. The van der Waals surface area contributed by atoms with Crippen LogP contribution in [0.4, 0.5) is 0 Å². The zero-order valence-electron chi connectivity index (χ0n) is 12.3. The zero-order valence-corrected chi connectivity index (χ0v) is 13.1. The minimum Gasteiger partial charge on any atom is -0.497 e. The first-order chi connectivity index (χ1) is 11.0. The van der Waals surface area contributed by atoms with Crippen molar-refractivity contribution in [3.63, 3.8) is 0 Å². The lowest BCUT2D eigenvalue weighted by Crippen LogP contribution is -2.33. The third-order valence-electron chi connectivity index (χ3n) is 3.12. The number of aliphatic carboxylic acids is 1. The van der Waals surface area contributed by atoms with Crippen LogP contribution in [0.1, 0.15) is 10.9 Å². The highest BCUT2D eigenvalue weighted by molar-refractivity contribution is 7.99. The van der Waals surface area contributed by atoms with Crippen molar-refractivity contribution in [3.8, 4) is 11.5 Å². The smallest absolute Gasteiger partial charge is 0.321 e. The Morgan fingerprint density at radius 2 is 2.30 bits per heavy atom. The lowest BCUT2D eigenvalue weighted by molar-refractivity contribution is -0.757. The average molecular weight is 344 g/mol. The largest absolute Gasteiger partial charge is 0.497 e. The van der Waals surface area contributed by atoms with Crippen LogP contribution in [0.25, 0.3) is 0 Å². The summed E-state index contributed by atoms with van der Waals surface area (Å²) in [6.45, 7) is -0.193. The number of carbonyl (C=O) groups is 1. The molecule has 2 rings (SSSR count). The molecule has 9 nitrogen and oxygen atoms in total. The summed E-state index contributed by atoms with van der Waals surface area (Å²) in [5, 5.41) is 21.0. The van der Waals surface area contributed by atoms with Gasteiger partial charge in [-0.2, -0.15) is 0 Å². The van der Waals surface area contributed by atoms with Crippen LogP contribution in [-0.2, 0) is 9.63 Å². The van der Waals surface area contributed by atoms with Gasteiger partial charge in [0.25, 0.3) is 5.09 Å². The summed E-state index contributed by atoms with van der Waals surface area (Å²) in [5.41, 5.74) is 0.721. The molecule has 0 aromatic heterocycles. The molecule has 2 unspecified atom stereocenters. The molecule has 23 heavy (non-hydrogen) atoms. The number of ether oxygens (including phenoxy) is 2. The molecule has 2 N–H and O–H groups in total.